The van der Waals surface area contributed by atoms with E-state index in [1.807, 2.05) is 0 Å². The van der Waals surface area contributed by atoms with E-state index in [-0.39, 0.29) is 28.7 Å². The Bertz CT molecular complexity index is 1100. The maximum Gasteiger partial charge on any atom is 0.353 e. The van der Waals surface area contributed by atoms with Gasteiger partial charge in [-0.05, 0) is 11.8 Å². The molecular weight excluding hydrogens is 508 g/mol. The van der Waals surface area contributed by atoms with Gasteiger partial charge in [-0.15, -0.1) is 23.1 Å². The van der Waals surface area contributed by atoms with Crippen molar-refractivity contribution in [3.8, 4) is 0 Å². The lowest BCUT2D eigenvalue weighted by Crippen LogP contribution is -2.71. The Labute approximate surface area is 205 Å². The molecule has 7 N–H and O–H groups in total. The summed E-state index contributed by atoms with van der Waals surface area (Å²) in [6, 6.07) is -1.85. The fourth-order valence-electron chi connectivity index (χ4n) is 3.08. The minimum atomic E-state index is -1.29. The van der Waals surface area contributed by atoms with Crippen molar-refractivity contribution in [3.05, 3.63) is 33.2 Å². The third-order valence-corrected chi connectivity index (χ3v) is 7.79. The third-order valence-electron chi connectivity index (χ3n) is 4.70. The van der Waals surface area contributed by atoms with Gasteiger partial charge in [-0.3, -0.25) is 19.3 Å². The molecule has 2 aliphatic rings. The molecule has 3 rings (SSSR count). The molecule has 34 heavy (non-hydrogen) atoms. The molecule has 3 heterocycles. The van der Waals surface area contributed by atoms with Crippen LogP contribution in [0.5, 0.6) is 0 Å². The number of nitrogens with one attached hydrogen (secondary N) is 1. The number of methoxy groups -OCH3 is 1. The van der Waals surface area contributed by atoms with Crippen LogP contribution in [0.3, 0.4) is 0 Å². The van der Waals surface area contributed by atoms with Gasteiger partial charge in [-0.2, -0.15) is 0 Å². The molecule has 2 amide bonds. The van der Waals surface area contributed by atoms with Gasteiger partial charge in [0, 0.05) is 16.0 Å². The van der Waals surface area contributed by atoms with E-state index in [0.717, 1.165) is 28.0 Å². The molecule has 0 aromatic carbocycles. The highest BCUT2D eigenvalue weighted by Gasteiger charge is 2.54. The van der Waals surface area contributed by atoms with Crippen molar-refractivity contribution in [3.63, 3.8) is 0 Å². The lowest BCUT2D eigenvalue weighted by molar-refractivity contribution is -0.150. The van der Waals surface area contributed by atoms with Crippen LogP contribution in [0.2, 0.25) is 0 Å². The predicted molar refractivity (Wildman–Crippen MR) is 126 cm³/mol. The Morgan fingerprint density at radius 1 is 1.50 bits per heavy atom. The van der Waals surface area contributed by atoms with Gasteiger partial charge >= 0.3 is 11.9 Å². The normalized spacial score (nSPS) is 21.2. The number of carbonyl (C=O) groups is 4. The third kappa shape index (κ3) is 5.19. The van der Waals surface area contributed by atoms with Crippen molar-refractivity contribution >= 4 is 69.5 Å². The number of hydrogen-bond acceptors (Lipinski definition) is 13. The smallest absolute Gasteiger partial charge is 0.353 e. The molecular formula is C18H20N6O7S3. The van der Waals surface area contributed by atoms with E-state index in [4.69, 9.17) is 11.5 Å². The largest absolute Gasteiger partial charge is 0.477 e. The van der Waals surface area contributed by atoms with Gasteiger partial charge < -0.3 is 31.8 Å². The number of hydrogen-bond donors (Lipinski definition) is 5. The van der Waals surface area contributed by atoms with E-state index in [9.17, 15) is 29.5 Å². The molecule has 2 aliphatic heterocycles. The number of rotatable bonds is 9. The van der Waals surface area contributed by atoms with Crippen molar-refractivity contribution in [2.24, 2.45) is 10.9 Å². The van der Waals surface area contributed by atoms with E-state index < -0.39 is 46.9 Å². The number of esters is 1. The average molecular weight is 529 g/mol. The number of aromatic nitrogens is 1. The average Bonchev–Trinajstić information content (AvgIpc) is 3.24. The van der Waals surface area contributed by atoms with Crippen LogP contribution in [-0.4, -0.2) is 80.0 Å². The fourth-order valence-corrected chi connectivity index (χ4v) is 5.97. The van der Waals surface area contributed by atoms with Crippen molar-refractivity contribution in [2.45, 2.75) is 23.9 Å². The Morgan fingerprint density at radius 2 is 2.24 bits per heavy atom. The highest BCUT2D eigenvalue weighted by atomic mass is 32.2. The van der Waals surface area contributed by atoms with Crippen LogP contribution in [0.15, 0.2) is 32.6 Å². The fraction of sp³-hybridized carbons (Fsp3) is 0.333. The van der Waals surface area contributed by atoms with Crippen LogP contribution in [0, 0.1) is 0 Å². The van der Waals surface area contributed by atoms with Crippen molar-refractivity contribution in [1.29, 1.82) is 0 Å². The monoisotopic (exact) mass is 528 g/mol. The Balaban J connectivity index is 1.68. The summed E-state index contributed by atoms with van der Waals surface area (Å²) in [5.74, 6) is -3.06. The van der Waals surface area contributed by atoms with Gasteiger partial charge in [-0.1, -0.05) is 23.0 Å². The Morgan fingerprint density at radius 3 is 2.82 bits per heavy atom. The summed E-state index contributed by atoms with van der Waals surface area (Å²) in [6.45, 7) is 0. The van der Waals surface area contributed by atoms with Crippen LogP contribution in [0.25, 0.3) is 0 Å². The summed E-state index contributed by atoms with van der Waals surface area (Å²) in [5.41, 5.74) is 10.6. The van der Waals surface area contributed by atoms with Crippen molar-refractivity contribution in [2.75, 3.05) is 18.6 Å². The van der Waals surface area contributed by atoms with Gasteiger partial charge in [0.15, 0.2) is 10.8 Å². The lowest BCUT2D eigenvalue weighted by atomic mass is 10.0. The maximum atomic E-state index is 12.7. The quantitative estimate of drug-likeness (QED) is 0.0922. The number of ether oxygens (including phenoxy) is 1. The minimum absolute atomic E-state index is 0.0472. The van der Waals surface area contributed by atoms with E-state index in [1.54, 1.807) is 11.5 Å². The summed E-state index contributed by atoms with van der Waals surface area (Å²) in [5, 5.41) is 26.9. The number of carbonyl (C=O) groups excluding carboxylic acids is 3. The standard InChI is InChI=1S/C18H20N6O7S3/c1-31-17(29)7(19)3-2-4-32-9-6-33-15-11(14(26)24(15)12(9)16(27)28)22-13(25)10(23-30)8-5-34-18(20)21-8/h2,4-5,7,11,15,30H,3,6,19H2,1H3,(H2,20,21)(H,22,25)(H,27,28)/b4-2-,23-10-/t7?,11?,15-/m1/s1. The van der Waals surface area contributed by atoms with Crippen LogP contribution >= 0.6 is 34.9 Å². The lowest BCUT2D eigenvalue weighted by Gasteiger charge is -2.49. The molecule has 1 saturated heterocycles. The second-order valence-corrected chi connectivity index (χ2v) is 9.81. The minimum Gasteiger partial charge on any atom is -0.477 e. The van der Waals surface area contributed by atoms with Gasteiger partial charge in [0.25, 0.3) is 11.8 Å². The maximum absolute atomic E-state index is 12.7. The van der Waals surface area contributed by atoms with E-state index >= 15 is 0 Å². The molecule has 182 valence electrons. The van der Waals surface area contributed by atoms with Crippen molar-refractivity contribution < 1.29 is 34.2 Å². The summed E-state index contributed by atoms with van der Waals surface area (Å²) in [4.78, 5) is 53.9. The number of oxime groups is 1. The SMILES string of the molecule is COC(=O)C(N)C/C=C\SC1=C(C(=O)O)N2C(=O)C(NC(=O)/C(=N\O)c3csc(N)n3)[C@H]2SC1. The molecule has 0 radical (unpaired) electrons. The number of aliphatic carboxylic acids is 1. The molecule has 1 fully saturated rings. The summed E-state index contributed by atoms with van der Waals surface area (Å²) in [6.07, 6.45) is 1.80. The highest BCUT2D eigenvalue weighted by molar-refractivity contribution is 8.08. The number of thiazole rings is 1. The molecule has 1 aromatic rings. The predicted octanol–water partition coefficient (Wildman–Crippen LogP) is -0.263. The topological polar surface area (TPSA) is 211 Å². The number of thioether (sulfide) groups is 2. The highest BCUT2D eigenvalue weighted by Crippen LogP contribution is 2.43. The first-order valence-electron chi connectivity index (χ1n) is 9.50. The van der Waals surface area contributed by atoms with Crippen LogP contribution in [0.4, 0.5) is 5.13 Å². The van der Waals surface area contributed by atoms with Gasteiger partial charge in [-0.25, -0.2) is 9.78 Å². The molecule has 0 aliphatic carbocycles. The number of amides is 2. The molecule has 2 unspecified atom stereocenters. The Hall–Kier alpha value is -3.08. The number of carboxylic acids is 1. The summed E-state index contributed by atoms with van der Waals surface area (Å²) in [7, 11) is 1.23. The first-order valence-corrected chi connectivity index (χ1v) is 12.3. The molecule has 1 aromatic heterocycles. The first-order chi connectivity index (χ1) is 16.2. The first kappa shape index (κ1) is 25.5. The number of nitrogens with two attached hydrogens (primary N) is 2. The van der Waals surface area contributed by atoms with Gasteiger partial charge in [0.05, 0.1) is 7.11 Å². The zero-order valence-corrected chi connectivity index (χ0v) is 20.0. The number of fused-ring (bicyclic) bond motifs is 1. The molecule has 0 saturated carbocycles. The zero-order chi connectivity index (χ0) is 25.0. The van der Waals surface area contributed by atoms with E-state index in [2.05, 4.69) is 20.2 Å². The Kier molecular flexibility index (Phi) is 8.19. The summed E-state index contributed by atoms with van der Waals surface area (Å²) >= 11 is 3.41. The second-order valence-electron chi connectivity index (χ2n) is 6.81. The summed E-state index contributed by atoms with van der Waals surface area (Å²) < 4.78 is 4.54. The molecule has 13 nitrogen and oxygen atoms in total. The van der Waals surface area contributed by atoms with Crippen LogP contribution < -0.4 is 16.8 Å². The molecule has 3 atom stereocenters. The van der Waals surface area contributed by atoms with Crippen LogP contribution in [-0.2, 0) is 23.9 Å². The van der Waals surface area contributed by atoms with Gasteiger partial charge in [0.1, 0.15) is 28.8 Å². The molecule has 16 heteroatoms. The van der Waals surface area contributed by atoms with Gasteiger partial charge in [0.2, 0.25) is 0 Å². The second kappa shape index (κ2) is 10.9. The van der Waals surface area contributed by atoms with E-state index in [0.29, 0.717) is 4.91 Å². The number of carboxylic acid groups (broad SMARTS) is 1. The number of β-lactam (4-membered cyclic amide) rings is 1. The molecule has 0 spiro atoms. The number of anilines is 1. The number of nitrogens with zero attached hydrogens (tertiary/aromatic N) is 3. The zero-order valence-electron chi connectivity index (χ0n) is 17.5. The molecule has 0 bridgehead atoms. The van der Waals surface area contributed by atoms with Crippen molar-refractivity contribution in [1.82, 2.24) is 15.2 Å². The number of nitrogen functional groups attached to an aromatic ring is 1. The van der Waals surface area contributed by atoms with Crippen LogP contribution in [0.1, 0.15) is 12.1 Å². The van der Waals surface area contributed by atoms with E-state index in [1.165, 1.54) is 24.3 Å².